The average molecular weight is 141 g/mol. The van der Waals surface area contributed by atoms with Crippen molar-refractivity contribution >= 4 is 0 Å². The van der Waals surface area contributed by atoms with Gasteiger partial charge in [0, 0.05) is 0 Å². The van der Waals surface area contributed by atoms with Crippen molar-refractivity contribution in [3.63, 3.8) is 0 Å². The van der Waals surface area contributed by atoms with Gasteiger partial charge in [-0.25, -0.2) is 0 Å². The first kappa shape index (κ1) is 7.14. The van der Waals surface area contributed by atoms with Crippen LogP contribution in [0.15, 0.2) is 6.33 Å². The van der Waals surface area contributed by atoms with E-state index in [1.807, 2.05) is 0 Å². The Hall–Kier alpha value is -0.970. The molecule has 0 aliphatic heterocycles. The van der Waals surface area contributed by atoms with Crippen LogP contribution in [0.1, 0.15) is 12.8 Å². The van der Waals surface area contributed by atoms with Gasteiger partial charge < -0.3 is 5.73 Å². The predicted molar refractivity (Wildman–Crippen MR) is 36.1 cm³/mol. The van der Waals surface area contributed by atoms with Crippen LogP contribution in [0.4, 0.5) is 0 Å². The summed E-state index contributed by atoms with van der Waals surface area (Å²) in [6.45, 7) is 1.55. The van der Waals surface area contributed by atoms with Gasteiger partial charge in [0.25, 0.3) is 0 Å². The number of hydrogen-bond acceptors (Lipinski definition) is 4. The Morgan fingerprint density at radius 2 is 2.30 bits per heavy atom. The molecule has 0 aliphatic carbocycles. The van der Waals surface area contributed by atoms with Crippen molar-refractivity contribution in [1.29, 1.82) is 0 Å². The molecule has 56 valence electrons. The second-order valence-corrected chi connectivity index (χ2v) is 2.03. The van der Waals surface area contributed by atoms with Crippen LogP contribution in [0.2, 0.25) is 0 Å². The SMILES string of the molecule is NCCCCn1ncnn1. The summed E-state index contributed by atoms with van der Waals surface area (Å²) >= 11 is 0. The normalized spacial score (nSPS) is 10.1. The monoisotopic (exact) mass is 141 g/mol. The summed E-state index contributed by atoms with van der Waals surface area (Å²) < 4.78 is 0. The number of hydrogen-bond donors (Lipinski definition) is 1. The lowest BCUT2D eigenvalue weighted by molar-refractivity contribution is 0.490. The van der Waals surface area contributed by atoms with Gasteiger partial charge in [-0.15, -0.1) is 10.2 Å². The van der Waals surface area contributed by atoms with E-state index in [2.05, 4.69) is 15.4 Å². The van der Waals surface area contributed by atoms with Crippen molar-refractivity contribution < 1.29 is 0 Å². The van der Waals surface area contributed by atoms with Crippen molar-refractivity contribution in [3.8, 4) is 0 Å². The van der Waals surface area contributed by atoms with Crippen LogP contribution in [0.3, 0.4) is 0 Å². The molecule has 5 nitrogen and oxygen atoms in total. The Balaban J connectivity index is 2.15. The van der Waals surface area contributed by atoms with Gasteiger partial charge in [0.05, 0.1) is 6.54 Å². The van der Waals surface area contributed by atoms with Crippen LogP contribution in [0.25, 0.3) is 0 Å². The third kappa shape index (κ3) is 2.10. The van der Waals surface area contributed by atoms with E-state index in [1.165, 1.54) is 6.33 Å². The fourth-order valence-corrected chi connectivity index (χ4v) is 0.689. The first-order chi connectivity index (χ1) is 4.93. The molecule has 0 radical (unpaired) electrons. The molecule has 1 heterocycles. The molecule has 0 aliphatic rings. The highest BCUT2D eigenvalue weighted by Gasteiger charge is 1.90. The number of rotatable bonds is 4. The van der Waals surface area contributed by atoms with Crippen LogP contribution >= 0.6 is 0 Å². The van der Waals surface area contributed by atoms with E-state index >= 15 is 0 Å². The standard InChI is InChI=1S/C5H11N5/c6-3-1-2-4-10-8-5-7-9-10/h5H,1-4,6H2. The fourth-order valence-electron chi connectivity index (χ4n) is 0.689. The lowest BCUT2D eigenvalue weighted by Crippen LogP contribution is -2.05. The van der Waals surface area contributed by atoms with Crippen molar-refractivity contribution in [2.75, 3.05) is 6.54 Å². The van der Waals surface area contributed by atoms with Gasteiger partial charge in [-0.3, -0.25) is 0 Å². The van der Waals surface area contributed by atoms with E-state index in [0.717, 1.165) is 25.9 Å². The fraction of sp³-hybridized carbons (Fsp3) is 0.800. The van der Waals surface area contributed by atoms with E-state index < -0.39 is 0 Å². The number of nitrogens with two attached hydrogens (primary N) is 1. The number of nitrogens with zero attached hydrogens (tertiary/aromatic N) is 4. The van der Waals surface area contributed by atoms with Gasteiger partial charge in [0.1, 0.15) is 0 Å². The second-order valence-electron chi connectivity index (χ2n) is 2.03. The molecule has 10 heavy (non-hydrogen) atoms. The zero-order chi connectivity index (χ0) is 7.23. The molecule has 0 bridgehead atoms. The maximum absolute atomic E-state index is 5.30. The quantitative estimate of drug-likeness (QED) is 0.569. The van der Waals surface area contributed by atoms with Gasteiger partial charge in [-0.05, 0) is 24.6 Å². The predicted octanol–water partition coefficient (Wildman–Crippen LogP) is -0.588. The smallest absolute Gasteiger partial charge is 0.162 e. The summed E-state index contributed by atoms with van der Waals surface area (Å²) in [4.78, 5) is 1.57. The summed E-state index contributed by atoms with van der Waals surface area (Å²) in [7, 11) is 0. The van der Waals surface area contributed by atoms with E-state index in [4.69, 9.17) is 5.73 Å². The molecule has 2 N–H and O–H groups in total. The van der Waals surface area contributed by atoms with Gasteiger partial charge in [-0.1, -0.05) is 0 Å². The zero-order valence-corrected chi connectivity index (χ0v) is 5.77. The molecular weight excluding hydrogens is 130 g/mol. The Kier molecular flexibility index (Phi) is 2.82. The zero-order valence-electron chi connectivity index (χ0n) is 5.77. The van der Waals surface area contributed by atoms with Crippen LogP contribution in [0, 0.1) is 0 Å². The first-order valence-corrected chi connectivity index (χ1v) is 3.34. The minimum Gasteiger partial charge on any atom is -0.330 e. The summed E-state index contributed by atoms with van der Waals surface area (Å²) in [5.74, 6) is 0. The van der Waals surface area contributed by atoms with Crippen molar-refractivity contribution in [3.05, 3.63) is 6.33 Å². The maximum atomic E-state index is 5.30. The Labute approximate surface area is 59.2 Å². The van der Waals surface area contributed by atoms with E-state index in [1.54, 1.807) is 4.80 Å². The van der Waals surface area contributed by atoms with Gasteiger partial charge in [0.2, 0.25) is 0 Å². The largest absolute Gasteiger partial charge is 0.330 e. The van der Waals surface area contributed by atoms with Crippen molar-refractivity contribution in [1.82, 2.24) is 20.2 Å². The molecule has 0 spiro atoms. The third-order valence-electron chi connectivity index (χ3n) is 1.20. The number of tetrazole rings is 1. The Morgan fingerprint density at radius 3 is 2.90 bits per heavy atom. The van der Waals surface area contributed by atoms with Gasteiger partial charge in [-0.2, -0.15) is 4.80 Å². The summed E-state index contributed by atoms with van der Waals surface area (Å²) in [6.07, 6.45) is 3.47. The molecule has 0 amide bonds. The highest BCUT2D eigenvalue weighted by Crippen LogP contribution is 1.87. The first-order valence-electron chi connectivity index (χ1n) is 3.34. The minimum absolute atomic E-state index is 0.731. The minimum atomic E-state index is 0.731. The molecule has 0 unspecified atom stereocenters. The Bertz CT molecular complexity index is 159. The molecule has 5 heteroatoms. The molecular formula is C5H11N5. The van der Waals surface area contributed by atoms with E-state index in [0.29, 0.717) is 0 Å². The van der Waals surface area contributed by atoms with Crippen LogP contribution in [0.5, 0.6) is 0 Å². The van der Waals surface area contributed by atoms with Crippen LogP contribution in [-0.2, 0) is 6.54 Å². The summed E-state index contributed by atoms with van der Waals surface area (Å²) in [5, 5.41) is 11.1. The highest BCUT2D eigenvalue weighted by molar-refractivity contribution is 4.42. The number of aromatic nitrogens is 4. The molecule has 0 saturated carbocycles. The molecule has 1 aromatic rings. The van der Waals surface area contributed by atoms with E-state index in [-0.39, 0.29) is 0 Å². The molecule has 0 aromatic carbocycles. The third-order valence-corrected chi connectivity index (χ3v) is 1.20. The number of aryl methyl sites for hydroxylation is 1. The molecule has 1 rings (SSSR count). The maximum Gasteiger partial charge on any atom is 0.162 e. The van der Waals surface area contributed by atoms with Gasteiger partial charge >= 0.3 is 0 Å². The Morgan fingerprint density at radius 1 is 1.40 bits per heavy atom. The van der Waals surface area contributed by atoms with Crippen molar-refractivity contribution in [2.24, 2.45) is 5.73 Å². The summed E-state index contributed by atoms with van der Waals surface area (Å²) in [5.41, 5.74) is 5.30. The van der Waals surface area contributed by atoms with Crippen LogP contribution in [-0.4, -0.2) is 26.8 Å². The topological polar surface area (TPSA) is 69.6 Å². The van der Waals surface area contributed by atoms with Crippen LogP contribution < -0.4 is 5.73 Å². The average Bonchev–Trinajstić information content (AvgIpc) is 2.41. The summed E-state index contributed by atoms with van der Waals surface area (Å²) in [6, 6.07) is 0. The lowest BCUT2D eigenvalue weighted by atomic mass is 10.3. The van der Waals surface area contributed by atoms with Gasteiger partial charge in [0.15, 0.2) is 6.33 Å². The van der Waals surface area contributed by atoms with E-state index in [9.17, 15) is 0 Å². The number of unbranched alkanes of at least 4 members (excludes halogenated alkanes) is 1. The molecule has 0 saturated heterocycles. The highest BCUT2D eigenvalue weighted by atomic mass is 15.6. The lowest BCUT2D eigenvalue weighted by Gasteiger charge is -1.94. The molecule has 1 aromatic heterocycles. The second kappa shape index (κ2) is 3.94. The molecule has 0 fully saturated rings. The molecule has 0 atom stereocenters. The van der Waals surface area contributed by atoms with Crippen molar-refractivity contribution in [2.45, 2.75) is 19.4 Å².